The number of benzene rings is 2. The molecule has 0 radical (unpaired) electrons. The lowest BCUT2D eigenvalue weighted by atomic mass is 10.0. The fourth-order valence-electron chi connectivity index (χ4n) is 2.90. The zero-order valence-corrected chi connectivity index (χ0v) is 14.4. The van der Waals surface area contributed by atoms with Crippen LogP contribution in [0, 0.1) is 6.92 Å². The van der Waals surface area contributed by atoms with Crippen molar-refractivity contribution in [3.8, 4) is 17.2 Å². The summed E-state index contributed by atoms with van der Waals surface area (Å²) in [5.41, 5.74) is 3.20. The Labute approximate surface area is 143 Å². The van der Waals surface area contributed by atoms with Crippen LogP contribution in [-0.2, 0) is 13.0 Å². The molecule has 0 aliphatic carbocycles. The van der Waals surface area contributed by atoms with Crippen LogP contribution in [0.5, 0.6) is 17.2 Å². The normalized spacial score (nSPS) is 17.1. The first-order valence-corrected chi connectivity index (χ1v) is 8.40. The molecule has 2 unspecified atom stereocenters. The summed E-state index contributed by atoms with van der Waals surface area (Å²) in [5, 5.41) is 9.73. The maximum atomic E-state index is 9.73. The lowest BCUT2D eigenvalue weighted by Gasteiger charge is -2.15. The fraction of sp³-hybridized carbons (Fsp3) is 0.400. The summed E-state index contributed by atoms with van der Waals surface area (Å²) in [6, 6.07) is 11.9. The molecule has 0 bridgehead atoms. The molecule has 2 aromatic carbocycles. The van der Waals surface area contributed by atoms with Crippen LogP contribution in [0.15, 0.2) is 36.4 Å². The molecule has 0 spiro atoms. The Hall–Kier alpha value is -2.20. The van der Waals surface area contributed by atoms with Crippen LogP contribution in [0.3, 0.4) is 0 Å². The summed E-state index contributed by atoms with van der Waals surface area (Å²) in [7, 11) is 0. The Morgan fingerprint density at radius 2 is 1.92 bits per heavy atom. The molecule has 1 N–H and O–H groups in total. The molecule has 2 aromatic rings. The van der Waals surface area contributed by atoms with E-state index in [2.05, 4.69) is 0 Å². The lowest BCUT2D eigenvalue weighted by Crippen LogP contribution is -2.27. The number of ether oxygens (including phenoxy) is 3. The average Bonchev–Trinajstić information content (AvgIpc) is 3.01. The minimum atomic E-state index is -0.481. The monoisotopic (exact) mass is 328 g/mol. The van der Waals surface area contributed by atoms with Crippen LogP contribution in [0.2, 0.25) is 0 Å². The fourth-order valence-corrected chi connectivity index (χ4v) is 2.90. The first kappa shape index (κ1) is 16.7. The van der Waals surface area contributed by atoms with E-state index in [1.807, 2.05) is 50.2 Å². The van der Waals surface area contributed by atoms with Crippen LogP contribution in [0.25, 0.3) is 0 Å². The van der Waals surface area contributed by atoms with Crippen LogP contribution < -0.4 is 14.2 Å². The largest absolute Gasteiger partial charge is 0.494 e. The highest BCUT2D eigenvalue weighted by molar-refractivity contribution is 5.51. The van der Waals surface area contributed by atoms with Crippen LogP contribution in [0.1, 0.15) is 30.5 Å². The molecule has 1 aliphatic heterocycles. The van der Waals surface area contributed by atoms with Gasteiger partial charge < -0.3 is 19.3 Å². The minimum absolute atomic E-state index is 0.167. The first-order valence-electron chi connectivity index (χ1n) is 8.40. The van der Waals surface area contributed by atoms with Gasteiger partial charge in [0.25, 0.3) is 0 Å². The molecule has 4 nitrogen and oxygen atoms in total. The molecule has 0 saturated carbocycles. The zero-order chi connectivity index (χ0) is 17.1. The number of aliphatic hydroxyl groups is 1. The smallest absolute Gasteiger partial charge is 0.129 e. The molecular weight excluding hydrogens is 304 g/mol. The molecule has 128 valence electrons. The maximum Gasteiger partial charge on any atom is 0.129 e. The van der Waals surface area contributed by atoms with E-state index in [1.54, 1.807) is 6.92 Å². The van der Waals surface area contributed by atoms with Crippen LogP contribution in [-0.4, -0.2) is 23.9 Å². The van der Waals surface area contributed by atoms with Crippen molar-refractivity contribution in [2.24, 2.45) is 0 Å². The van der Waals surface area contributed by atoms with Gasteiger partial charge in [0.2, 0.25) is 0 Å². The van der Waals surface area contributed by atoms with E-state index in [4.69, 9.17) is 14.2 Å². The molecule has 0 amide bonds. The van der Waals surface area contributed by atoms with Crippen molar-refractivity contribution >= 4 is 0 Å². The second-order valence-corrected chi connectivity index (χ2v) is 6.14. The van der Waals surface area contributed by atoms with Crippen molar-refractivity contribution in [3.05, 3.63) is 53.1 Å². The quantitative estimate of drug-likeness (QED) is 0.879. The Morgan fingerprint density at radius 3 is 2.58 bits per heavy atom. The van der Waals surface area contributed by atoms with E-state index in [0.717, 1.165) is 40.4 Å². The maximum absolute atomic E-state index is 9.73. The Kier molecular flexibility index (Phi) is 4.95. The van der Waals surface area contributed by atoms with Gasteiger partial charge in [0, 0.05) is 12.0 Å². The number of hydrogen-bond acceptors (Lipinski definition) is 4. The van der Waals surface area contributed by atoms with E-state index < -0.39 is 6.10 Å². The van der Waals surface area contributed by atoms with Crippen molar-refractivity contribution in [1.29, 1.82) is 0 Å². The van der Waals surface area contributed by atoms with Gasteiger partial charge in [-0.1, -0.05) is 18.2 Å². The molecule has 1 heterocycles. The molecule has 1 aliphatic rings. The standard InChI is InChI=1S/C20H24O4/c1-4-22-17-8-5-15(6-9-17)12-23-18-10-7-16-11-19(14(3)21)24-20(16)13(18)2/h5-10,14,19,21H,4,11-12H2,1-3H3. The van der Waals surface area contributed by atoms with E-state index in [-0.39, 0.29) is 6.10 Å². The molecule has 0 fully saturated rings. The van der Waals surface area contributed by atoms with Gasteiger partial charge in [-0.05, 0) is 50.1 Å². The summed E-state index contributed by atoms with van der Waals surface area (Å²) in [5.74, 6) is 2.53. The SMILES string of the molecule is CCOc1ccc(COc2ccc3c(c2C)OC(C(C)O)C3)cc1. The third-order valence-corrected chi connectivity index (χ3v) is 4.29. The second-order valence-electron chi connectivity index (χ2n) is 6.14. The number of fused-ring (bicyclic) bond motifs is 1. The van der Waals surface area contributed by atoms with Crippen LogP contribution in [0.4, 0.5) is 0 Å². The Bertz CT molecular complexity index is 692. The van der Waals surface area contributed by atoms with Gasteiger partial charge in [0.15, 0.2) is 0 Å². The highest BCUT2D eigenvalue weighted by atomic mass is 16.5. The van der Waals surface area contributed by atoms with Gasteiger partial charge in [-0.3, -0.25) is 0 Å². The van der Waals surface area contributed by atoms with Gasteiger partial charge in [-0.15, -0.1) is 0 Å². The Balaban J connectivity index is 1.67. The van der Waals surface area contributed by atoms with Crippen molar-refractivity contribution < 1.29 is 19.3 Å². The zero-order valence-electron chi connectivity index (χ0n) is 14.4. The number of aliphatic hydroxyl groups excluding tert-OH is 1. The van der Waals surface area contributed by atoms with Crippen molar-refractivity contribution in [1.82, 2.24) is 0 Å². The van der Waals surface area contributed by atoms with Gasteiger partial charge in [-0.2, -0.15) is 0 Å². The topological polar surface area (TPSA) is 47.9 Å². The van der Waals surface area contributed by atoms with Crippen molar-refractivity contribution in [2.75, 3.05) is 6.61 Å². The van der Waals surface area contributed by atoms with Crippen LogP contribution >= 0.6 is 0 Å². The predicted octanol–water partition coefficient (Wildman–Crippen LogP) is 3.66. The van der Waals surface area contributed by atoms with E-state index in [9.17, 15) is 5.11 Å². The minimum Gasteiger partial charge on any atom is -0.494 e. The summed E-state index contributed by atoms with van der Waals surface area (Å²) in [6.07, 6.45) is 0.0950. The van der Waals surface area contributed by atoms with E-state index in [0.29, 0.717) is 13.2 Å². The summed E-state index contributed by atoms with van der Waals surface area (Å²) in [6.45, 7) is 6.88. The van der Waals surface area contributed by atoms with Gasteiger partial charge in [0.1, 0.15) is 30.0 Å². The van der Waals surface area contributed by atoms with Crippen molar-refractivity contribution in [2.45, 2.75) is 46.0 Å². The van der Waals surface area contributed by atoms with Crippen molar-refractivity contribution in [3.63, 3.8) is 0 Å². The molecule has 24 heavy (non-hydrogen) atoms. The Morgan fingerprint density at radius 1 is 1.17 bits per heavy atom. The van der Waals surface area contributed by atoms with Gasteiger partial charge >= 0.3 is 0 Å². The van der Waals surface area contributed by atoms with Gasteiger partial charge in [0.05, 0.1) is 12.7 Å². The average molecular weight is 328 g/mol. The third kappa shape index (κ3) is 3.49. The highest BCUT2D eigenvalue weighted by Gasteiger charge is 2.29. The highest BCUT2D eigenvalue weighted by Crippen LogP contribution is 2.38. The lowest BCUT2D eigenvalue weighted by molar-refractivity contribution is 0.0627. The third-order valence-electron chi connectivity index (χ3n) is 4.29. The van der Waals surface area contributed by atoms with E-state index >= 15 is 0 Å². The summed E-state index contributed by atoms with van der Waals surface area (Å²) >= 11 is 0. The molecular formula is C20H24O4. The summed E-state index contributed by atoms with van der Waals surface area (Å²) < 4.78 is 17.3. The molecule has 3 rings (SSSR count). The number of rotatable bonds is 6. The second kappa shape index (κ2) is 7.14. The first-order chi connectivity index (χ1) is 11.6. The molecule has 4 heteroatoms. The van der Waals surface area contributed by atoms with Gasteiger partial charge in [-0.25, -0.2) is 0 Å². The summed E-state index contributed by atoms with van der Waals surface area (Å²) in [4.78, 5) is 0. The molecule has 0 saturated heterocycles. The molecule has 2 atom stereocenters. The molecule has 0 aromatic heterocycles. The van der Waals surface area contributed by atoms with E-state index in [1.165, 1.54) is 0 Å². The number of hydrogen-bond donors (Lipinski definition) is 1. The predicted molar refractivity (Wildman–Crippen MR) is 92.9 cm³/mol.